The normalized spacial score (nSPS) is 13.4. The van der Waals surface area contributed by atoms with E-state index in [2.05, 4.69) is 10.3 Å². The number of carbonyl (C=O) groups is 3. The number of rotatable bonds is 8. The third-order valence-corrected chi connectivity index (χ3v) is 4.63. The second kappa shape index (κ2) is 9.15. The lowest BCUT2D eigenvalue weighted by molar-refractivity contribution is -0.154. The number of hydrogen-bond donors (Lipinski definition) is 1. The first kappa shape index (κ1) is 22.3. The fourth-order valence-electron chi connectivity index (χ4n) is 3.07. The van der Waals surface area contributed by atoms with Gasteiger partial charge in [0.05, 0.1) is 11.1 Å². The van der Waals surface area contributed by atoms with E-state index in [0.717, 1.165) is 11.3 Å². The van der Waals surface area contributed by atoms with Crippen LogP contribution in [0.25, 0.3) is 0 Å². The largest absolute Gasteiger partial charge is 0.468 e. The van der Waals surface area contributed by atoms with Crippen LogP contribution in [0.2, 0.25) is 0 Å². The molecule has 1 aromatic carbocycles. The Hall–Kier alpha value is -3.43. The molecular formula is C21H20F3N3O4. The van der Waals surface area contributed by atoms with Gasteiger partial charge in [0.25, 0.3) is 17.7 Å². The van der Waals surface area contributed by atoms with E-state index in [-0.39, 0.29) is 40.6 Å². The van der Waals surface area contributed by atoms with Crippen LogP contribution in [0.3, 0.4) is 0 Å². The molecule has 0 fully saturated rings. The summed E-state index contributed by atoms with van der Waals surface area (Å²) in [5.41, 5.74) is 0.814. The van der Waals surface area contributed by atoms with Gasteiger partial charge in [0, 0.05) is 30.4 Å². The number of alkyl halides is 3. The van der Waals surface area contributed by atoms with Crippen molar-refractivity contribution in [1.29, 1.82) is 0 Å². The van der Waals surface area contributed by atoms with Crippen molar-refractivity contribution in [1.82, 2.24) is 15.2 Å². The molecule has 10 heteroatoms. The SMILES string of the molecule is CCCCN1C(=O)c2ccc(C(=O)NCc3cccnc3OCC(F)(F)F)cc2C1=O. The average molecular weight is 435 g/mol. The van der Waals surface area contributed by atoms with Crippen LogP contribution in [0, 0.1) is 0 Å². The molecule has 3 amide bonds. The minimum absolute atomic E-state index is 0.132. The predicted octanol–water partition coefficient (Wildman–Crippen LogP) is 3.35. The Morgan fingerprint density at radius 1 is 1.16 bits per heavy atom. The Morgan fingerprint density at radius 3 is 2.61 bits per heavy atom. The first-order valence-corrected chi connectivity index (χ1v) is 9.63. The fraction of sp³-hybridized carbons (Fsp3) is 0.333. The lowest BCUT2D eigenvalue weighted by Gasteiger charge is -2.12. The van der Waals surface area contributed by atoms with Gasteiger partial charge in [-0.15, -0.1) is 0 Å². The number of nitrogens with one attached hydrogen (secondary N) is 1. The lowest BCUT2D eigenvalue weighted by atomic mass is 10.1. The van der Waals surface area contributed by atoms with Crippen molar-refractivity contribution in [2.75, 3.05) is 13.2 Å². The Morgan fingerprint density at radius 2 is 1.90 bits per heavy atom. The van der Waals surface area contributed by atoms with E-state index in [1.54, 1.807) is 0 Å². The minimum atomic E-state index is -4.52. The Labute approximate surface area is 176 Å². The molecule has 3 rings (SSSR count). The van der Waals surface area contributed by atoms with Crippen molar-refractivity contribution in [3.8, 4) is 5.88 Å². The second-order valence-electron chi connectivity index (χ2n) is 6.93. The lowest BCUT2D eigenvalue weighted by Crippen LogP contribution is -2.30. The number of pyridine rings is 1. The molecule has 0 bridgehead atoms. The molecule has 1 N–H and O–H groups in total. The summed E-state index contributed by atoms with van der Waals surface area (Å²) in [4.78, 5) is 42.4. The number of aromatic nitrogens is 1. The van der Waals surface area contributed by atoms with Crippen LogP contribution in [-0.2, 0) is 6.54 Å². The van der Waals surface area contributed by atoms with E-state index < -0.39 is 24.6 Å². The first-order valence-electron chi connectivity index (χ1n) is 9.63. The second-order valence-corrected chi connectivity index (χ2v) is 6.93. The molecule has 1 aromatic heterocycles. The van der Waals surface area contributed by atoms with Gasteiger partial charge in [-0.2, -0.15) is 13.2 Å². The van der Waals surface area contributed by atoms with Crippen molar-refractivity contribution in [2.24, 2.45) is 0 Å². The van der Waals surface area contributed by atoms with E-state index in [1.807, 2.05) is 6.92 Å². The monoisotopic (exact) mass is 435 g/mol. The summed E-state index contributed by atoms with van der Waals surface area (Å²) in [7, 11) is 0. The van der Waals surface area contributed by atoms with E-state index >= 15 is 0 Å². The van der Waals surface area contributed by atoms with Gasteiger partial charge < -0.3 is 10.1 Å². The van der Waals surface area contributed by atoms with Crippen LogP contribution in [0.15, 0.2) is 36.5 Å². The van der Waals surface area contributed by atoms with Crippen molar-refractivity contribution >= 4 is 17.7 Å². The van der Waals surface area contributed by atoms with Crippen LogP contribution < -0.4 is 10.1 Å². The molecule has 0 radical (unpaired) electrons. The molecule has 7 nitrogen and oxygen atoms in total. The average Bonchev–Trinajstić information content (AvgIpc) is 2.98. The zero-order valence-electron chi connectivity index (χ0n) is 16.7. The number of ether oxygens (including phenoxy) is 1. The topological polar surface area (TPSA) is 88.6 Å². The summed E-state index contributed by atoms with van der Waals surface area (Å²) in [6, 6.07) is 7.19. The molecule has 2 heterocycles. The predicted molar refractivity (Wildman–Crippen MR) is 104 cm³/mol. The molecular weight excluding hydrogens is 415 g/mol. The summed E-state index contributed by atoms with van der Waals surface area (Å²) in [6.45, 7) is 0.626. The Balaban J connectivity index is 1.69. The van der Waals surface area contributed by atoms with Crippen molar-refractivity contribution in [3.05, 3.63) is 58.8 Å². The van der Waals surface area contributed by atoms with Crippen molar-refractivity contribution in [2.45, 2.75) is 32.5 Å². The van der Waals surface area contributed by atoms with Crippen molar-refractivity contribution in [3.63, 3.8) is 0 Å². The van der Waals surface area contributed by atoms with Crippen LogP contribution in [-0.4, -0.2) is 46.9 Å². The molecule has 31 heavy (non-hydrogen) atoms. The highest BCUT2D eigenvalue weighted by Gasteiger charge is 2.35. The Kier molecular flexibility index (Phi) is 6.57. The number of unbranched alkanes of at least 4 members (excludes halogenated alkanes) is 1. The summed E-state index contributed by atoms with van der Waals surface area (Å²) in [6.07, 6.45) is -1.73. The van der Waals surface area contributed by atoms with E-state index in [0.29, 0.717) is 13.0 Å². The molecule has 0 atom stereocenters. The maximum atomic E-state index is 12.5. The summed E-state index contributed by atoms with van der Waals surface area (Å²) in [5, 5.41) is 2.57. The molecule has 1 aliphatic heterocycles. The molecule has 0 unspecified atom stereocenters. The van der Waals surface area contributed by atoms with Gasteiger partial charge >= 0.3 is 6.18 Å². The van der Waals surface area contributed by atoms with E-state index in [1.165, 1.54) is 36.5 Å². The van der Waals surface area contributed by atoms with E-state index in [4.69, 9.17) is 4.74 Å². The number of carbonyl (C=O) groups excluding carboxylic acids is 3. The van der Waals surface area contributed by atoms with Crippen molar-refractivity contribution < 1.29 is 32.3 Å². The standard InChI is InChI=1S/C21H20F3N3O4/c1-2-3-9-27-19(29)15-7-6-13(10-16(15)20(27)30)17(28)26-11-14-5-4-8-25-18(14)31-12-21(22,23)24/h4-8,10H,2-3,9,11-12H2,1H3,(H,26,28). The summed E-state index contributed by atoms with van der Waals surface area (Å²) < 4.78 is 41.9. The highest BCUT2D eigenvalue weighted by molar-refractivity contribution is 6.22. The molecule has 0 aliphatic carbocycles. The van der Waals surface area contributed by atoms with Crippen LogP contribution in [0.5, 0.6) is 5.88 Å². The maximum absolute atomic E-state index is 12.5. The maximum Gasteiger partial charge on any atom is 0.422 e. The van der Waals surface area contributed by atoms with Gasteiger partial charge in [0.2, 0.25) is 5.88 Å². The molecule has 1 aliphatic rings. The van der Waals surface area contributed by atoms with Gasteiger partial charge in [-0.05, 0) is 30.7 Å². The molecule has 164 valence electrons. The third kappa shape index (κ3) is 5.19. The molecule has 0 saturated carbocycles. The molecule has 0 spiro atoms. The zero-order chi connectivity index (χ0) is 22.6. The quantitative estimate of drug-likeness (QED) is 0.643. The highest BCUT2D eigenvalue weighted by atomic mass is 19.4. The minimum Gasteiger partial charge on any atom is -0.468 e. The zero-order valence-corrected chi connectivity index (χ0v) is 16.7. The number of benzene rings is 1. The number of imide groups is 1. The summed E-state index contributed by atoms with van der Waals surface area (Å²) in [5.74, 6) is -1.62. The number of fused-ring (bicyclic) bond motifs is 1. The fourth-order valence-corrected chi connectivity index (χ4v) is 3.07. The van der Waals surface area contributed by atoms with Gasteiger partial charge in [0.1, 0.15) is 0 Å². The van der Waals surface area contributed by atoms with Gasteiger partial charge in [0.15, 0.2) is 6.61 Å². The van der Waals surface area contributed by atoms with Gasteiger partial charge in [-0.1, -0.05) is 19.4 Å². The number of hydrogen-bond acceptors (Lipinski definition) is 5. The molecule has 0 saturated heterocycles. The van der Waals surface area contributed by atoms with Gasteiger partial charge in [-0.3, -0.25) is 19.3 Å². The highest BCUT2D eigenvalue weighted by Crippen LogP contribution is 2.25. The van der Waals surface area contributed by atoms with Crippen LogP contribution >= 0.6 is 0 Å². The summed E-state index contributed by atoms with van der Waals surface area (Å²) >= 11 is 0. The third-order valence-electron chi connectivity index (χ3n) is 4.63. The van der Waals surface area contributed by atoms with Gasteiger partial charge in [-0.25, -0.2) is 4.98 Å². The number of nitrogens with zero attached hydrogens (tertiary/aromatic N) is 2. The molecule has 2 aromatic rings. The number of amides is 3. The van der Waals surface area contributed by atoms with Crippen LogP contribution in [0.4, 0.5) is 13.2 Å². The first-order chi connectivity index (χ1) is 14.7. The van der Waals surface area contributed by atoms with Crippen LogP contribution in [0.1, 0.15) is 56.4 Å². The number of halogens is 3. The van der Waals surface area contributed by atoms with E-state index in [9.17, 15) is 27.6 Å². The Bertz CT molecular complexity index is 1010. The smallest absolute Gasteiger partial charge is 0.422 e.